The minimum absolute atomic E-state index is 0.124. The van der Waals surface area contributed by atoms with Crippen molar-refractivity contribution in [3.63, 3.8) is 0 Å². The highest BCUT2D eigenvalue weighted by Crippen LogP contribution is 2.44. The Kier molecular flexibility index (Phi) is 5.22. The number of rotatable bonds is 5. The third-order valence-electron chi connectivity index (χ3n) is 3.87. The Bertz CT molecular complexity index is 191. The lowest BCUT2D eigenvalue weighted by Crippen LogP contribution is -2.53. The minimum Gasteiger partial charge on any atom is -0.396 e. The summed E-state index contributed by atoms with van der Waals surface area (Å²) in [6.45, 7) is 4.53. The summed E-state index contributed by atoms with van der Waals surface area (Å²) in [6.07, 6.45) is 4.39. The number of aliphatic hydroxyl groups is 1. The van der Waals surface area contributed by atoms with Crippen LogP contribution in [0.2, 0.25) is 0 Å². The molecule has 0 aromatic heterocycles. The first-order chi connectivity index (χ1) is 7.60. The fraction of sp³-hybridized carbons (Fsp3) is 1.00. The molecule has 2 atom stereocenters. The van der Waals surface area contributed by atoms with Gasteiger partial charge in [-0.05, 0) is 31.6 Å². The maximum absolute atomic E-state index is 9.83. The van der Waals surface area contributed by atoms with Gasteiger partial charge in [0, 0.05) is 19.6 Å². The quantitative estimate of drug-likeness (QED) is 0.787. The molecule has 0 saturated heterocycles. The number of hydrogen-bond donors (Lipinski definition) is 1. The average molecular weight is 230 g/mol. The van der Waals surface area contributed by atoms with Crippen LogP contribution in [-0.4, -0.2) is 38.1 Å². The predicted molar refractivity (Wildman–Crippen MR) is 64.4 cm³/mol. The van der Waals surface area contributed by atoms with Crippen molar-refractivity contribution in [3.05, 3.63) is 0 Å². The second-order valence-corrected chi connectivity index (χ2v) is 5.37. The normalized spacial score (nSPS) is 35.6. The zero-order chi connectivity index (χ0) is 12.2. The van der Waals surface area contributed by atoms with Crippen LogP contribution in [0, 0.1) is 11.3 Å². The van der Waals surface area contributed by atoms with E-state index in [2.05, 4.69) is 13.8 Å². The molecular formula is C13H26O3. The molecule has 0 bridgehead atoms. The predicted octanol–water partition coefficient (Wildman–Crippen LogP) is 2.23. The van der Waals surface area contributed by atoms with E-state index in [-0.39, 0.29) is 24.2 Å². The van der Waals surface area contributed by atoms with E-state index in [0.717, 1.165) is 25.7 Å². The first-order valence-electron chi connectivity index (χ1n) is 6.27. The summed E-state index contributed by atoms with van der Waals surface area (Å²) in [6, 6.07) is 0. The highest BCUT2D eigenvalue weighted by molar-refractivity contribution is 4.97. The van der Waals surface area contributed by atoms with Gasteiger partial charge in [-0.1, -0.05) is 13.8 Å². The molecule has 3 heteroatoms. The molecule has 1 saturated carbocycles. The van der Waals surface area contributed by atoms with Crippen molar-refractivity contribution in [3.8, 4) is 0 Å². The Morgan fingerprint density at radius 1 is 1.19 bits per heavy atom. The summed E-state index contributed by atoms with van der Waals surface area (Å²) in [5, 5.41) is 9.83. The second kappa shape index (κ2) is 5.99. The zero-order valence-electron chi connectivity index (χ0n) is 11.0. The van der Waals surface area contributed by atoms with Gasteiger partial charge >= 0.3 is 0 Å². The number of hydrogen-bond acceptors (Lipinski definition) is 3. The van der Waals surface area contributed by atoms with Crippen LogP contribution in [-0.2, 0) is 9.47 Å². The largest absolute Gasteiger partial charge is 0.396 e. The van der Waals surface area contributed by atoms with E-state index in [1.54, 1.807) is 14.2 Å². The fourth-order valence-electron chi connectivity index (χ4n) is 3.27. The van der Waals surface area contributed by atoms with Gasteiger partial charge < -0.3 is 14.6 Å². The molecule has 0 amide bonds. The lowest BCUT2D eigenvalue weighted by molar-refractivity contribution is -0.158. The van der Waals surface area contributed by atoms with E-state index >= 15 is 0 Å². The summed E-state index contributed by atoms with van der Waals surface area (Å²) < 4.78 is 11.2. The second-order valence-electron chi connectivity index (χ2n) is 5.37. The number of aliphatic hydroxyl groups excluding tert-OH is 1. The number of methoxy groups -OCH3 is 2. The first kappa shape index (κ1) is 13.9. The Labute approximate surface area is 99.1 Å². The molecule has 2 unspecified atom stereocenters. The van der Waals surface area contributed by atoms with E-state index < -0.39 is 0 Å². The standard InChI is InChI=1S/C13H26O3/c1-10(2)8-13(9-14)11(15-3)6-5-7-12(13)16-4/h10-12,14H,5-9H2,1-4H3. The molecule has 96 valence electrons. The molecule has 0 aromatic rings. The molecule has 0 heterocycles. The van der Waals surface area contributed by atoms with Gasteiger partial charge in [0.25, 0.3) is 0 Å². The zero-order valence-corrected chi connectivity index (χ0v) is 11.0. The van der Waals surface area contributed by atoms with E-state index in [1.165, 1.54) is 0 Å². The maximum Gasteiger partial charge on any atom is 0.0674 e. The van der Waals surface area contributed by atoms with E-state index in [1.807, 2.05) is 0 Å². The van der Waals surface area contributed by atoms with Gasteiger partial charge in [0.05, 0.1) is 18.8 Å². The van der Waals surface area contributed by atoms with Crippen LogP contribution >= 0.6 is 0 Å². The molecule has 1 rings (SSSR count). The van der Waals surface area contributed by atoms with Gasteiger partial charge in [-0.3, -0.25) is 0 Å². The van der Waals surface area contributed by atoms with Crippen LogP contribution in [0.3, 0.4) is 0 Å². The fourth-order valence-corrected chi connectivity index (χ4v) is 3.27. The summed E-state index contributed by atoms with van der Waals surface area (Å²) in [4.78, 5) is 0. The first-order valence-corrected chi connectivity index (χ1v) is 6.27. The Morgan fingerprint density at radius 2 is 1.69 bits per heavy atom. The third-order valence-corrected chi connectivity index (χ3v) is 3.87. The molecule has 0 spiro atoms. The van der Waals surface area contributed by atoms with Crippen molar-refractivity contribution in [2.24, 2.45) is 11.3 Å². The van der Waals surface area contributed by atoms with Crippen molar-refractivity contribution in [1.29, 1.82) is 0 Å². The van der Waals surface area contributed by atoms with Crippen LogP contribution < -0.4 is 0 Å². The highest BCUT2D eigenvalue weighted by atomic mass is 16.5. The summed E-state index contributed by atoms with van der Waals surface area (Å²) in [7, 11) is 3.49. The topological polar surface area (TPSA) is 38.7 Å². The lowest BCUT2D eigenvalue weighted by Gasteiger charge is -2.48. The Hall–Kier alpha value is -0.120. The van der Waals surface area contributed by atoms with Crippen LogP contribution in [0.4, 0.5) is 0 Å². The van der Waals surface area contributed by atoms with Gasteiger partial charge in [-0.15, -0.1) is 0 Å². The van der Waals surface area contributed by atoms with Crippen LogP contribution in [0.5, 0.6) is 0 Å². The highest BCUT2D eigenvalue weighted by Gasteiger charge is 2.48. The molecule has 0 aromatic carbocycles. The molecule has 3 nitrogen and oxygen atoms in total. The monoisotopic (exact) mass is 230 g/mol. The van der Waals surface area contributed by atoms with Crippen molar-refractivity contribution in [2.75, 3.05) is 20.8 Å². The molecule has 1 aliphatic carbocycles. The molecule has 1 fully saturated rings. The Morgan fingerprint density at radius 3 is 2.00 bits per heavy atom. The SMILES string of the molecule is COC1CCCC(OC)C1(CO)CC(C)C. The van der Waals surface area contributed by atoms with Gasteiger partial charge in [-0.25, -0.2) is 0 Å². The Balaban J connectivity index is 2.92. The van der Waals surface area contributed by atoms with E-state index in [0.29, 0.717) is 5.92 Å². The molecule has 0 aliphatic heterocycles. The number of ether oxygens (including phenoxy) is 2. The van der Waals surface area contributed by atoms with Gasteiger partial charge in [-0.2, -0.15) is 0 Å². The van der Waals surface area contributed by atoms with Crippen molar-refractivity contribution in [2.45, 2.75) is 51.7 Å². The van der Waals surface area contributed by atoms with Crippen LogP contribution in [0.25, 0.3) is 0 Å². The minimum atomic E-state index is -0.212. The lowest BCUT2D eigenvalue weighted by atomic mass is 9.66. The van der Waals surface area contributed by atoms with Crippen LogP contribution in [0.15, 0.2) is 0 Å². The van der Waals surface area contributed by atoms with Gasteiger partial charge in [0.2, 0.25) is 0 Å². The third kappa shape index (κ3) is 2.58. The van der Waals surface area contributed by atoms with Crippen molar-refractivity contribution >= 4 is 0 Å². The van der Waals surface area contributed by atoms with Crippen molar-refractivity contribution < 1.29 is 14.6 Å². The summed E-state index contributed by atoms with van der Waals surface area (Å²) in [5.41, 5.74) is -0.212. The van der Waals surface area contributed by atoms with Crippen LogP contribution in [0.1, 0.15) is 39.5 Å². The van der Waals surface area contributed by atoms with E-state index in [4.69, 9.17) is 9.47 Å². The van der Waals surface area contributed by atoms with E-state index in [9.17, 15) is 5.11 Å². The van der Waals surface area contributed by atoms with Gasteiger partial charge in [0.15, 0.2) is 0 Å². The molecule has 0 radical (unpaired) electrons. The molecular weight excluding hydrogens is 204 g/mol. The van der Waals surface area contributed by atoms with Gasteiger partial charge in [0.1, 0.15) is 0 Å². The maximum atomic E-state index is 9.83. The molecule has 16 heavy (non-hydrogen) atoms. The average Bonchev–Trinajstić information content (AvgIpc) is 2.28. The smallest absolute Gasteiger partial charge is 0.0674 e. The summed E-state index contributed by atoms with van der Waals surface area (Å²) >= 11 is 0. The van der Waals surface area contributed by atoms with Crippen molar-refractivity contribution in [1.82, 2.24) is 0 Å². The molecule has 1 aliphatic rings. The molecule has 1 N–H and O–H groups in total. The summed E-state index contributed by atoms with van der Waals surface area (Å²) in [5.74, 6) is 0.542.